The molecule has 0 aromatic carbocycles. The largest absolute Gasteiger partial charge is 0.461 e. The standard InChI is InChI=1S/C10H10F3N5O3/c1-3-20-9(19)7-8(10(11,12)13)18(17-15-7)4-6-14-5(2)16-21-6/h3-4H2,1-2H3. The van der Waals surface area contributed by atoms with Crippen LogP contribution in [0.1, 0.15) is 34.8 Å². The van der Waals surface area contributed by atoms with Gasteiger partial charge in [0.25, 0.3) is 0 Å². The van der Waals surface area contributed by atoms with Crippen molar-refractivity contribution in [1.82, 2.24) is 25.1 Å². The summed E-state index contributed by atoms with van der Waals surface area (Å²) in [5.74, 6) is -1.01. The number of aromatic nitrogens is 5. The highest BCUT2D eigenvalue weighted by molar-refractivity contribution is 5.88. The van der Waals surface area contributed by atoms with E-state index in [-0.39, 0.29) is 18.3 Å². The van der Waals surface area contributed by atoms with E-state index in [9.17, 15) is 18.0 Å². The molecule has 0 N–H and O–H groups in total. The zero-order valence-electron chi connectivity index (χ0n) is 11.0. The molecule has 2 aromatic heterocycles. The summed E-state index contributed by atoms with van der Waals surface area (Å²) in [5, 5.41) is 10.00. The van der Waals surface area contributed by atoms with Gasteiger partial charge in [0.1, 0.15) is 6.54 Å². The van der Waals surface area contributed by atoms with Crippen LogP contribution in [0, 0.1) is 6.92 Å². The van der Waals surface area contributed by atoms with Crippen LogP contribution in [0.25, 0.3) is 0 Å². The number of nitrogens with zero attached hydrogens (tertiary/aromatic N) is 5. The fourth-order valence-electron chi connectivity index (χ4n) is 1.57. The van der Waals surface area contributed by atoms with E-state index in [0.29, 0.717) is 4.68 Å². The van der Waals surface area contributed by atoms with E-state index in [1.54, 1.807) is 0 Å². The highest BCUT2D eigenvalue weighted by atomic mass is 19.4. The summed E-state index contributed by atoms with van der Waals surface area (Å²) in [7, 11) is 0. The average molecular weight is 305 g/mol. The fourth-order valence-corrected chi connectivity index (χ4v) is 1.57. The molecule has 0 unspecified atom stereocenters. The topological polar surface area (TPSA) is 95.9 Å². The van der Waals surface area contributed by atoms with Crippen LogP contribution >= 0.6 is 0 Å². The van der Waals surface area contributed by atoms with Crippen LogP contribution in [0.4, 0.5) is 13.2 Å². The number of hydrogen-bond donors (Lipinski definition) is 0. The van der Waals surface area contributed by atoms with Gasteiger partial charge in [0.15, 0.2) is 11.5 Å². The van der Waals surface area contributed by atoms with Gasteiger partial charge in [-0.25, -0.2) is 9.48 Å². The Balaban J connectivity index is 2.39. The smallest absolute Gasteiger partial charge is 0.435 e. The van der Waals surface area contributed by atoms with Crippen LogP contribution in [-0.2, 0) is 17.5 Å². The molecule has 8 nitrogen and oxygen atoms in total. The molecule has 2 rings (SSSR count). The fraction of sp³-hybridized carbons (Fsp3) is 0.500. The van der Waals surface area contributed by atoms with Gasteiger partial charge in [-0.15, -0.1) is 5.10 Å². The molecule has 0 spiro atoms. The van der Waals surface area contributed by atoms with Crippen molar-refractivity contribution in [2.24, 2.45) is 0 Å². The Kier molecular flexibility index (Phi) is 3.91. The van der Waals surface area contributed by atoms with Gasteiger partial charge in [0, 0.05) is 0 Å². The summed E-state index contributed by atoms with van der Waals surface area (Å²) in [6, 6.07) is 0. The van der Waals surface area contributed by atoms with Crippen molar-refractivity contribution in [3.8, 4) is 0 Å². The van der Waals surface area contributed by atoms with E-state index in [0.717, 1.165) is 0 Å². The van der Waals surface area contributed by atoms with E-state index in [2.05, 4.69) is 25.2 Å². The number of carbonyl (C=O) groups is 1. The van der Waals surface area contributed by atoms with Crippen molar-refractivity contribution < 1.29 is 27.2 Å². The Morgan fingerprint density at radius 1 is 1.43 bits per heavy atom. The van der Waals surface area contributed by atoms with Crippen molar-refractivity contribution in [3.05, 3.63) is 23.1 Å². The Bertz CT molecular complexity index is 649. The number of aryl methyl sites for hydroxylation is 1. The molecule has 2 aromatic rings. The molecule has 21 heavy (non-hydrogen) atoms. The molecule has 0 amide bonds. The SMILES string of the molecule is CCOC(=O)c1nnn(Cc2nc(C)no2)c1C(F)(F)F. The molecule has 0 saturated carbocycles. The summed E-state index contributed by atoms with van der Waals surface area (Å²) in [6.45, 7) is 2.45. The summed E-state index contributed by atoms with van der Waals surface area (Å²) in [5.41, 5.74) is -2.22. The van der Waals surface area contributed by atoms with Gasteiger partial charge in [-0.05, 0) is 13.8 Å². The van der Waals surface area contributed by atoms with Gasteiger partial charge in [0.05, 0.1) is 6.61 Å². The minimum absolute atomic E-state index is 0.0775. The molecule has 0 aliphatic heterocycles. The molecular weight excluding hydrogens is 295 g/mol. The van der Waals surface area contributed by atoms with Gasteiger partial charge in [0.2, 0.25) is 11.6 Å². The van der Waals surface area contributed by atoms with Crippen LogP contribution in [-0.4, -0.2) is 37.7 Å². The molecular formula is C10H10F3N5O3. The monoisotopic (exact) mass is 305 g/mol. The van der Waals surface area contributed by atoms with E-state index >= 15 is 0 Å². The molecule has 0 radical (unpaired) electrons. The molecule has 114 valence electrons. The number of alkyl halides is 3. The van der Waals surface area contributed by atoms with E-state index in [4.69, 9.17) is 4.52 Å². The van der Waals surface area contributed by atoms with Gasteiger partial charge in [-0.2, -0.15) is 18.2 Å². The molecule has 11 heteroatoms. The maximum Gasteiger partial charge on any atom is 0.435 e. The normalized spacial score (nSPS) is 11.7. The maximum atomic E-state index is 13.1. The minimum atomic E-state index is -4.83. The molecule has 0 saturated heterocycles. The van der Waals surface area contributed by atoms with Crippen LogP contribution in [0.5, 0.6) is 0 Å². The van der Waals surface area contributed by atoms with Crippen molar-refractivity contribution in [1.29, 1.82) is 0 Å². The molecule has 0 bridgehead atoms. The predicted octanol–water partition coefficient (Wildman–Crippen LogP) is 1.21. The zero-order valence-corrected chi connectivity index (χ0v) is 11.0. The second kappa shape index (κ2) is 5.50. The lowest BCUT2D eigenvalue weighted by atomic mass is 10.3. The molecule has 0 aliphatic carbocycles. The van der Waals surface area contributed by atoms with Crippen LogP contribution in [0.15, 0.2) is 4.52 Å². The Morgan fingerprint density at radius 2 is 2.14 bits per heavy atom. The van der Waals surface area contributed by atoms with E-state index in [1.807, 2.05) is 0 Å². The first-order valence-electron chi connectivity index (χ1n) is 5.80. The number of halogens is 3. The van der Waals surface area contributed by atoms with Gasteiger partial charge in [-0.3, -0.25) is 0 Å². The van der Waals surface area contributed by atoms with Gasteiger partial charge >= 0.3 is 12.1 Å². The van der Waals surface area contributed by atoms with Crippen LogP contribution < -0.4 is 0 Å². The lowest BCUT2D eigenvalue weighted by molar-refractivity contribution is -0.144. The summed E-state index contributed by atoms with van der Waals surface area (Å²) >= 11 is 0. The Labute approximate surface area is 115 Å². The predicted molar refractivity (Wildman–Crippen MR) is 59.1 cm³/mol. The quantitative estimate of drug-likeness (QED) is 0.783. The van der Waals surface area contributed by atoms with Crippen LogP contribution in [0.2, 0.25) is 0 Å². The third-order valence-corrected chi connectivity index (χ3v) is 2.33. The average Bonchev–Trinajstić information content (AvgIpc) is 2.96. The Hall–Kier alpha value is -2.46. The molecule has 0 atom stereocenters. The highest BCUT2D eigenvalue weighted by Gasteiger charge is 2.42. The first-order chi connectivity index (χ1) is 9.82. The van der Waals surface area contributed by atoms with Crippen molar-refractivity contribution in [2.45, 2.75) is 26.6 Å². The number of rotatable bonds is 4. The maximum absolute atomic E-state index is 13.1. The van der Waals surface area contributed by atoms with Gasteiger partial charge in [-0.1, -0.05) is 10.4 Å². The highest BCUT2D eigenvalue weighted by Crippen LogP contribution is 2.31. The number of ether oxygens (including phenoxy) is 1. The second-order valence-corrected chi connectivity index (χ2v) is 3.90. The second-order valence-electron chi connectivity index (χ2n) is 3.90. The molecule has 0 fully saturated rings. The number of esters is 1. The molecule has 2 heterocycles. The number of carbonyl (C=O) groups excluding carboxylic acids is 1. The first kappa shape index (κ1) is 14.9. The van der Waals surface area contributed by atoms with Crippen molar-refractivity contribution >= 4 is 5.97 Å². The van der Waals surface area contributed by atoms with Gasteiger partial charge < -0.3 is 9.26 Å². The lowest BCUT2D eigenvalue weighted by Crippen LogP contribution is -2.20. The summed E-state index contributed by atoms with van der Waals surface area (Å²) in [6.07, 6.45) is -4.83. The van der Waals surface area contributed by atoms with Crippen molar-refractivity contribution in [2.75, 3.05) is 6.61 Å². The third kappa shape index (κ3) is 3.17. The zero-order chi connectivity index (χ0) is 15.6. The summed E-state index contributed by atoms with van der Waals surface area (Å²) < 4.78 is 48.9. The molecule has 0 aliphatic rings. The lowest BCUT2D eigenvalue weighted by Gasteiger charge is -2.09. The van der Waals surface area contributed by atoms with E-state index < -0.39 is 30.1 Å². The van der Waals surface area contributed by atoms with Crippen LogP contribution in [0.3, 0.4) is 0 Å². The minimum Gasteiger partial charge on any atom is -0.461 e. The van der Waals surface area contributed by atoms with E-state index in [1.165, 1.54) is 13.8 Å². The Morgan fingerprint density at radius 3 is 2.67 bits per heavy atom. The number of hydrogen-bond acceptors (Lipinski definition) is 7. The van der Waals surface area contributed by atoms with Crippen molar-refractivity contribution in [3.63, 3.8) is 0 Å². The third-order valence-electron chi connectivity index (χ3n) is 2.33. The summed E-state index contributed by atoms with van der Waals surface area (Å²) in [4.78, 5) is 15.3. The first-order valence-corrected chi connectivity index (χ1v) is 5.80.